The van der Waals surface area contributed by atoms with Crippen molar-refractivity contribution in [1.29, 1.82) is 5.53 Å². The summed E-state index contributed by atoms with van der Waals surface area (Å²) >= 11 is 5.88. The fourth-order valence-electron chi connectivity index (χ4n) is 1.69. The Kier molecular flexibility index (Phi) is 4.84. The lowest BCUT2D eigenvalue weighted by Gasteiger charge is -2.09. The average Bonchev–Trinajstić information content (AvgIpc) is 2.47. The lowest BCUT2D eigenvalue weighted by molar-refractivity contribution is 0.306. The van der Waals surface area contributed by atoms with Gasteiger partial charge in [0.1, 0.15) is 18.2 Å². The molecule has 0 aliphatic carbocycles. The predicted molar refractivity (Wildman–Crippen MR) is 78.1 cm³/mol. The van der Waals surface area contributed by atoms with Gasteiger partial charge in [-0.1, -0.05) is 35.0 Å². The standard InChI is InChI=1S/C14H12ClFN4O/c15-12-7-11(16)4-5-13(12)21-8-9-2-1-3-10(6-9)14(17)19-20-18/h1-7H,8H2,(H3,17,18,19). The highest BCUT2D eigenvalue weighted by Gasteiger charge is 2.05. The van der Waals surface area contributed by atoms with Gasteiger partial charge < -0.3 is 10.5 Å². The summed E-state index contributed by atoms with van der Waals surface area (Å²) in [6, 6.07) is 11.1. The molecule has 7 heteroatoms. The van der Waals surface area contributed by atoms with Crippen LogP contribution in [0.15, 0.2) is 52.8 Å². The third-order valence-electron chi connectivity index (χ3n) is 2.67. The van der Waals surface area contributed by atoms with Crippen LogP contribution in [-0.4, -0.2) is 5.84 Å². The summed E-state index contributed by atoms with van der Waals surface area (Å²) in [6.07, 6.45) is 0. The van der Waals surface area contributed by atoms with E-state index in [0.717, 1.165) is 5.56 Å². The molecule has 0 saturated heterocycles. The summed E-state index contributed by atoms with van der Waals surface area (Å²) in [5, 5.41) is 6.55. The number of ether oxygens (including phenoxy) is 1. The van der Waals surface area contributed by atoms with Crippen molar-refractivity contribution in [3.63, 3.8) is 0 Å². The van der Waals surface area contributed by atoms with Gasteiger partial charge in [0.25, 0.3) is 0 Å². The maximum absolute atomic E-state index is 12.9. The molecule has 108 valence electrons. The lowest BCUT2D eigenvalue weighted by atomic mass is 10.1. The van der Waals surface area contributed by atoms with Gasteiger partial charge in [0.05, 0.1) is 5.02 Å². The number of nitrogens with zero attached hydrogens (tertiary/aromatic N) is 2. The molecule has 0 radical (unpaired) electrons. The first kappa shape index (κ1) is 14.9. The minimum atomic E-state index is -0.419. The average molecular weight is 307 g/mol. The van der Waals surface area contributed by atoms with E-state index in [0.29, 0.717) is 11.3 Å². The molecule has 2 aromatic rings. The summed E-state index contributed by atoms with van der Waals surface area (Å²) in [7, 11) is 0. The second-order valence-electron chi connectivity index (χ2n) is 4.15. The second kappa shape index (κ2) is 6.81. The molecule has 3 N–H and O–H groups in total. The van der Waals surface area contributed by atoms with Gasteiger partial charge in [0.15, 0.2) is 5.84 Å². The van der Waals surface area contributed by atoms with Crippen LogP contribution < -0.4 is 10.5 Å². The molecule has 0 unspecified atom stereocenters. The van der Waals surface area contributed by atoms with Crippen LogP contribution in [0.5, 0.6) is 5.75 Å². The van der Waals surface area contributed by atoms with E-state index in [9.17, 15) is 4.39 Å². The first-order valence-corrected chi connectivity index (χ1v) is 6.35. The maximum atomic E-state index is 12.9. The summed E-state index contributed by atoms with van der Waals surface area (Å²) in [5.74, 6) is 0.121. The SMILES string of the molecule is N=N/N=C(\N)c1cccc(COc2ccc(F)cc2Cl)c1. The van der Waals surface area contributed by atoms with Crippen LogP contribution in [0.1, 0.15) is 11.1 Å². The molecular weight excluding hydrogens is 295 g/mol. The highest BCUT2D eigenvalue weighted by Crippen LogP contribution is 2.25. The van der Waals surface area contributed by atoms with Gasteiger partial charge >= 0.3 is 0 Å². The van der Waals surface area contributed by atoms with E-state index in [4.69, 9.17) is 27.6 Å². The molecule has 0 fully saturated rings. The molecule has 0 aromatic heterocycles. The molecule has 2 aromatic carbocycles. The Bertz CT molecular complexity index is 690. The van der Waals surface area contributed by atoms with Crippen molar-refractivity contribution in [1.82, 2.24) is 0 Å². The minimum Gasteiger partial charge on any atom is -0.487 e. The number of nitrogens with two attached hydrogens (primary N) is 1. The van der Waals surface area contributed by atoms with Gasteiger partial charge in [-0.3, -0.25) is 0 Å². The number of amidine groups is 1. The van der Waals surface area contributed by atoms with E-state index in [-0.39, 0.29) is 17.5 Å². The van der Waals surface area contributed by atoms with Crippen molar-refractivity contribution in [2.75, 3.05) is 0 Å². The molecule has 0 heterocycles. The molecule has 0 aliphatic heterocycles. The molecule has 0 aliphatic rings. The minimum absolute atomic E-state index is 0.145. The summed E-state index contributed by atoms with van der Waals surface area (Å²) in [4.78, 5) is 0. The first-order valence-electron chi connectivity index (χ1n) is 5.97. The molecule has 5 nitrogen and oxygen atoms in total. The van der Waals surface area contributed by atoms with E-state index in [2.05, 4.69) is 10.3 Å². The van der Waals surface area contributed by atoms with Crippen LogP contribution in [-0.2, 0) is 6.61 Å². The normalized spacial score (nSPS) is 11.2. The van der Waals surface area contributed by atoms with E-state index in [1.165, 1.54) is 18.2 Å². The van der Waals surface area contributed by atoms with Crippen LogP contribution in [0, 0.1) is 11.3 Å². The van der Waals surface area contributed by atoms with Crippen molar-refractivity contribution in [3.05, 3.63) is 64.4 Å². The van der Waals surface area contributed by atoms with E-state index >= 15 is 0 Å². The van der Waals surface area contributed by atoms with Crippen molar-refractivity contribution in [2.24, 2.45) is 16.1 Å². The monoisotopic (exact) mass is 306 g/mol. The zero-order chi connectivity index (χ0) is 15.2. The molecule has 2 rings (SSSR count). The highest BCUT2D eigenvalue weighted by atomic mass is 35.5. The number of halogens is 2. The topological polar surface area (TPSA) is 83.8 Å². The van der Waals surface area contributed by atoms with Gasteiger partial charge in [0, 0.05) is 5.56 Å². The molecule has 0 spiro atoms. The van der Waals surface area contributed by atoms with Gasteiger partial charge in [-0.15, -0.1) is 5.10 Å². The second-order valence-corrected chi connectivity index (χ2v) is 4.56. The Hall–Kier alpha value is -2.47. The Labute approximate surface area is 125 Å². The van der Waals surface area contributed by atoms with Crippen molar-refractivity contribution in [3.8, 4) is 5.75 Å². The van der Waals surface area contributed by atoms with Crippen molar-refractivity contribution >= 4 is 17.4 Å². The Balaban J connectivity index is 2.11. The maximum Gasteiger partial charge on any atom is 0.155 e. The molecule has 0 amide bonds. The fraction of sp³-hybridized carbons (Fsp3) is 0.0714. The molecule has 0 bridgehead atoms. The molecule has 0 atom stereocenters. The number of rotatable bonds is 5. The van der Waals surface area contributed by atoms with Crippen molar-refractivity contribution < 1.29 is 9.13 Å². The van der Waals surface area contributed by atoms with Gasteiger partial charge in [-0.2, -0.15) is 5.53 Å². The lowest BCUT2D eigenvalue weighted by Crippen LogP contribution is -2.13. The zero-order valence-corrected chi connectivity index (χ0v) is 11.6. The zero-order valence-electron chi connectivity index (χ0n) is 10.9. The summed E-state index contributed by atoms with van der Waals surface area (Å²) in [5.41, 5.74) is 13.8. The number of nitrogens with one attached hydrogen (secondary N) is 1. The largest absolute Gasteiger partial charge is 0.487 e. The van der Waals surface area contributed by atoms with Crippen LogP contribution in [0.2, 0.25) is 5.02 Å². The van der Waals surface area contributed by atoms with Gasteiger partial charge in [-0.25, -0.2) is 4.39 Å². The van der Waals surface area contributed by atoms with Gasteiger partial charge in [-0.05, 0) is 29.8 Å². The third kappa shape index (κ3) is 4.00. The van der Waals surface area contributed by atoms with Crippen LogP contribution in [0.4, 0.5) is 4.39 Å². The fourth-order valence-corrected chi connectivity index (χ4v) is 1.91. The van der Waals surface area contributed by atoms with E-state index in [1.54, 1.807) is 18.2 Å². The molecule has 21 heavy (non-hydrogen) atoms. The third-order valence-corrected chi connectivity index (χ3v) is 2.96. The predicted octanol–water partition coefficient (Wildman–Crippen LogP) is 3.71. The smallest absolute Gasteiger partial charge is 0.155 e. The highest BCUT2D eigenvalue weighted by molar-refractivity contribution is 6.32. The summed E-state index contributed by atoms with van der Waals surface area (Å²) in [6.45, 7) is 0.241. The number of benzene rings is 2. The first-order chi connectivity index (χ1) is 10.1. The Morgan fingerprint density at radius 3 is 2.81 bits per heavy atom. The Morgan fingerprint density at radius 2 is 2.10 bits per heavy atom. The van der Waals surface area contributed by atoms with Crippen LogP contribution in [0.3, 0.4) is 0 Å². The number of hydrogen-bond acceptors (Lipinski definition) is 3. The van der Waals surface area contributed by atoms with Crippen LogP contribution in [0.25, 0.3) is 0 Å². The summed E-state index contributed by atoms with van der Waals surface area (Å²) < 4.78 is 18.5. The molecular formula is C14H12ClFN4O. The molecule has 0 saturated carbocycles. The van der Waals surface area contributed by atoms with E-state index < -0.39 is 5.82 Å². The quantitative estimate of drug-likeness (QED) is 0.382. The Morgan fingerprint density at radius 1 is 1.29 bits per heavy atom. The van der Waals surface area contributed by atoms with Crippen LogP contribution >= 0.6 is 11.6 Å². The van der Waals surface area contributed by atoms with Crippen molar-refractivity contribution in [2.45, 2.75) is 6.61 Å². The van der Waals surface area contributed by atoms with E-state index in [1.807, 2.05) is 6.07 Å². The van der Waals surface area contributed by atoms with Gasteiger partial charge in [0.2, 0.25) is 0 Å². The number of hydrogen-bond donors (Lipinski definition) is 2.